The standard InChI is InChI=1S/C9H13FN2O/c1-2-13-6-5-11-8-3-4-12-9(10)7-8/h3-4,7H,2,5-6H2,1H3,(H,11,12). The normalized spacial score (nSPS) is 10.0. The number of ether oxygens (including phenoxy) is 1. The summed E-state index contributed by atoms with van der Waals surface area (Å²) < 4.78 is 17.7. The van der Waals surface area contributed by atoms with Crippen LogP contribution in [0.15, 0.2) is 18.3 Å². The minimum absolute atomic E-state index is 0.471. The molecule has 72 valence electrons. The van der Waals surface area contributed by atoms with Crippen LogP contribution in [-0.4, -0.2) is 24.7 Å². The van der Waals surface area contributed by atoms with Gasteiger partial charge in [-0.1, -0.05) is 0 Å². The molecular formula is C9H13FN2O. The summed E-state index contributed by atoms with van der Waals surface area (Å²) >= 11 is 0. The number of halogens is 1. The first kappa shape index (κ1) is 9.92. The van der Waals surface area contributed by atoms with Gasteiger partial charge in [-0.3, -0.25) is 0 Å². The van der Waals surface area contributed by atoms with Crippen LogP contribution in [0, 0.1) is 5.95 Å². The number of aromatic nitrogens is 1. The quantitative estimate of drug-likeness (QED) is 0.558. The number of pyridine rings is 1. The predicted octanol–water partition coefficient (Wildman–Crippen LogP) is 1.67. The molecule has 0 aromatic carbocycles. The molecule has 0 unspecified atom stereocenters. The lowest BCUT2D eigenvalue weighted by molar-refractivity contribution is 0.158. The van der Waals surface area contributed by atoms with Gasteiger partial charge in [-0.2, -0.15) is 4.39 Å². The Morgan fingerprint density at radius 2 is 2.46 bits per heavy atom. The van der Waals surface area contributed by atoms with Crippen LogP contribution in [0.5, 0.6) is 0 Å². The van der Waals surface area contributed by atoms with Gasteiger partial charge < -0.3 is 10.1 Å². The van der Waals surface area contributed by atoms with Gasteiger partial charge in [0.2, 0.25) is 5.95 Å². The lowest BCUT2D eigenvalue weighted by Crippen LogP contribution is -2.09. The second-order valence-corrected chi connectivity index (χ2v) is 2.49. The smallest absolute Gasteiger partial charge is 0.214 e. The summed E-state index contributed by atoms with van der Waals surface area (Å²) in [5.41, 5.74) is 0.729. The average molecular weight is 184 g/mol. The first-order chi connectivity index (χ1) is 6.33. The van der Waals surface area contributed by atoms with Gasteiger partial charge in [0.1, 0.15) is 0 Å². The van der Waals surface area contributed by atoms with Gasteiger partial charge in [0.25, 0.3) is 0 Å². The van der Waals surface area contributed by atoms with Gasteiger partial charge in [-0.05, 0) is 13.0 Å². The van der Waals surface area contributed by atoms with Crippen molar-refractivity contribution in [3.63, 3.8) is 0 Å². The maximum atomic E-state index is 12.6. The third kappa shape index (κ3) is 3.85. The highest BCUT2D eigenvalue weighted by Crippen LogP contribution is 2.05. The molecule has 0 bridgehead atoms. The van der Waals surface area contributed by atoms with Gasteiger partial charge in [-0.25, -0.2) is 4.98 Å². The second kappa shape index (κ2) is 5.48. The molecular weight excluding hydrogens is 171 g/mol. The van der Waals surface area contributed by atoms with E-state index in [0.717, 1.165) is 5.69 Å². The maximum absolute atomic E-state index is 12.6. The Morgan fingerprint density at radius 3 is 3.15 bits per heavy atom. The largest absolute Gasteiger partial charge is 0.383 e. The van der Waals surface area contributed by atoms with Crippen LogP contribution in [0.2, 0.25) is 0 Å². The second-order valence-electron chi connectivity index (χ2n) is 2.49. The minimum atomic E-state index is -0.471. The van der Waals surface area contributed by atoms with Crippen LogP contribution in [0.4, 0.5) is 10.1 Å². The highest BCUT2D eigenvalue weighted by Gasteiger charge is 1.93. The third-order valence-electron chi connectivity index (χ3n) is 1.51. The molecule has 1 rings (SSSR count). The van der Waals surface area contributed by atoms with Crippen LogP contribution in [0.1, 0.15) is 6.92 Å². The molecule has 0 aliphatic rings. The molecule has 0 amide bonds. The van der Waals surface area contributed by atoms with Crippen molar-refractivity contribution >= 4 is 5.69 Å². The molecule has 0 aliphatic carbocycles. The lowest BCUT2D eigenvalue weighted by atomic mass is 10.4. The molecule has 0 aliphatic heterocycles. The number of hydrogen-bond donors (Lipinski definition) is 1. The van der Waals surface area contributed by atoms with E-state index in [-0.39, 0.29) is 0 Å². The molecule has 1 N–H and O–H groups in total. The zero-order valence-electron chi connectivity index (χ0n) is 7.59. The average Bonchev–Trinajstić information content (AvgIpc) is 2.13. The van der Waals surface area contributed by atoms with E-state index in [1.54, 1.807) is 6.07 Å². The van der Waals surface area contributed by atoms with E-state index in [4.69, 9.17) is 4.74 Å². The summed E-state index contributed by atoms with van der Waals surface area (Å²) in [6, 6.07) is 3.07. The van der Waals surface area contributed by atoms with Crippen molar-refractivity contribution < 1.29 is 9.13 Å². The van der Waals surface area contributed by atoms with Crippen LogP contribution in [0.3, 0.4) is 0 Å². The molecule has 0 saturated carbocycles. The first-order valence-corrected chi connectivity index (χ1v) is 4.26. The van der Waals surface area contributed by atoms with Crippen molar-refractivity contribution in [1.29, 1.82) is 0 Å². The van der Waals surface area contributed by atoms with E-state index in [2.05, 4.69) is 10.3 Å². The van der Waals surface area contributed by atoms with Crippen molar-refractivity contribution in [2.24, 2.45) is 0 Å². The van der Waals surface area contributed by atoms with Crippen molar-refractivity contribution in [2.45, 2.75) is 6.92 Å². The summed E-state index contributed by atoms with van der Waals surface area (Å²) in [5.74, 6) is -0.471. The maximum Gasteiger partial charge on any atom is 0.214 e. The summed E-state index contributed by atoms with van der Waals surface area (Å²) in [6.45, 7) is 3.94. The molecule has 0 fully saturated rings. The molecule has 1 heterocycles. The molecule has 1 aromatic rings. The first-order valence-electron chi connectivity index (χ1n) is 4.26. The molecule has 0 atom stereocenters. The van der Waals surface area contributed by atoms with Gasteiger partial charge in [-0.15, -0.1) is 0 Å². The highest BCUT2D eigenvalue weighted by atomic mass is 19.1. The summed E-state index contributed by atoms with van der Waals surface area (Å²) in [4.78, 5) is 3.45. The van der Waals surface area contributed by atoms with Crippen molar-refractivity contribution in [3.05, 3.63) is 24.3 Å². The van der Waals surface area contributed by atoms with Gasteiger partial charge in [0.05, 0.1) is 6.61 Å². The Bertz CT molecular complexity index is 255. The summed E-state index contributed by atoms with van der Waals surface area (Å²) in [6.07, 6.45) is 1.43. The van der Waals surface area contributed by atoms with Crippen molar-refractivity contribution in [1.82, 2.24) is 4.98 Å². The highest BCUT2D eigenvalue weighted by molar-refractivity contribution is 5.40. The van der Waals surface area contributed by atoms with E-state index < -0.39 is 5.95 Å². The van der Waals surface area contributed by atoms with Gasteiger partial charge >= 0.3 is 0 Å². The minimum Gasteiger partial charge on any atom is -0.383 e. The van der Waals surface area contributed by atoms with E-state index in [1.807, 2.05) is 6.92 Å². The van der Waals surface area contributed by atoms with Crippen LogP contribution < -0.4 is 5.32 Å². The van der Waals surface area contributed by atoms with Gasteiger partial charge in [0, 0.05) is 31.1 Å². The van der Waals surface area contributed by atoms with Gasteiger partial charge in [0.15, 0.2) is 0 Å². The topological polar surface area (TPSA) is 34.1 Å². The predicted molar refractivity (Wildman–Crippen MR) is 49.2 cm³/mol. The fourth-order valence-corrected chi connectivity index (χ4v) is 0.924. The zero-order chi connectivity index (χ0) is 9.52. The molecule has 0 spiro atoms. The van der Waals surface area contributed by atoms with E-state index in [0.29, 0.717) is 19.8 Å². The Kier molecular flexibility index (Phi) is 4.18. The van der Waals surface area contributed by atoms with E-state index >= 15 is 0 Å². The van der Waals surface area contributed by atoms with Crippen LogP contribution >= 0.6 is 0 Å². The molecule has 3 nitrogen and oxygen atoms in total. The van der Waals surface area contributed by atoms with Crippen molar-refractivity contribution in [3.8, 4) is 0 Å². The molecule has 0 saturated heterocycles. The third-order valence-corrected chi connectivity index (χ3v) is 1.51. The number of anilines is 1. The number of rotatable bonds is 5. The summed E-state index contributed by atoms with van der Waals surface area (Å²) in [7, 11) is 0. The number of hydrogen-bond acceptors (Lipinski definition) is 3. The zero-order valence-corrected chi connectivity index (χ0v) is 7.59. The monoisotopic (exact) mass is 184 g/mol. The molecule has 4 heteroatoms. The SMILES string of the molecule is CCOCCNc1ccnc(F)c1. The Balaban J connectivity index is 2.28. The molecule has 1 aromatic heterocycles. The Morgan fingerprint density at radius 1 is 1.62 bits per heavy atom. The van der Waals surface area contributed by atoms with Crippen molar-refractivity contribution in [2.75, 3.05) is 25.1 Å². The van der Waals surface area contributed by atoms with Crippen LogP contribution in [-0.2, 0) is 4.74 Å². The molecule has 0 radical (unpaired) electrons. The molecule has 13 heavy (non-hydrogen) atoms. The Hall–Kier alpha value is -1.16. The number of nitrogens with one attached hydrogen (secondary N) is 1. The fraction of sp³-hybridized carbons (Fsp3) is 0.444. The Labute approximate surface area is 76.9 Å². The van der Waals surface area contributed by atoms with E-state index in [9.17, 15) is 4.39 Å². The van der Waals surface area contributed by atoms with Crippen LogP contribution in [0.25, 0.3) is 0 Å². The lowest BCUT2D eigenvalue weighted by Gasteiger charge is -2.05. The fourth-order valence-electron chi connectivity index (χ4n) is 0.924. The number of nitrogens with zero attached hydrogens (tertiary/aromatic N) is 1. The van der Waals surface area contributed by atoms with E-state index in [1.165, 1.54) is 12.3 Å². The summed E-state index contributed by atoms with van der Waals surface area (Å²) in [5, 5.41) is 3.02.